The van der Waals surface area contributed by atoms with Gasteiger partial charge >= 0.3 is 12.1 Å². The van der Waals surface area contributed by atoms with Crippen molar-refractivity contribution in [3.63, 3.8) is 0 Å². The van der Waals surface area contributed by atoms with Gasteiger partial charge in [-0.15, -0.1) is 0 Å². The molecule has 1 amide bonds. The summed E-state index contributed by atoms with van der Waals surface area (Å²) >= 11 is 1.82. The molecule has 0 fully saturated rings. The van der Waals surface area contributed by atoms with E-state index in [4.69, 9.17) is 9.47 Å². The minimum Gasteiger partial charge on any atom is -0.464 e. The van der Waals surface area contributed by atoms with E-state index in [1.165, 1.54) is 12.1 Å². The fourth-order valence-corrected chi connectivity index (χ4v) is 4.05. The van der Waals surface area contributed by atoms with Gasteiger partial charge in [0.25, 0.3) is 0 Å². The highest BCUT2D eigenvalue weighted by Crippen LogP contribution is 2.46. The van der Waals surface area contributed by atoms with Crippen molar-refractivity contribution in [2.75, 3.05) is 19.8 Å². The number of nitrogens with zero attached hydrogens (tertiary/aromatic N) is 1. The maximum Gasteiger partial charge on any atom is 0.416 e. The van der Waals surface area contributed by atoms with E-state index < -0.39 is 29.6 Å². The quantitative estimate of drug-likeness (QED) is 0.499. The summed E-state index contributed by atoms with van der Waals surface area (Å²) < 4.78 is 24.3. The molecule has 0 saturated carbocycles. The Morgan fingerprint density at radius 1 is 1.19 bits per heavy atom. The van der Waals surface area contributed by atoms with Gasteiger partial charge in [-0.1, -0.05) is 6.07 Å². The van der Waals surface area contributed by atoms with Gasteiger partial charge in [0.05, 0.1) is 23.6 Å². The van der Waals surface area contributed by atoms with Gasteiger partial charge in [0.15, 0.2) is 5.78 Å². The van der Waals surface area contributed by atoms with Crippen LogP contribution in [0.5, 0.6) is 0 Å². The summed E-state index contributed by atoms with van der Waals surface area (Å²) in [6, 6.07) is 4.29. The van der Waals surface area contributed by atoms with E-state index in [0.29, 0.717) is 9.13 Å². The molecule has 0 unspecified atom stereocenters. The first-order chi connectivity index (χ1) is 12.4. The second kappa shape index (κ2) is 6.16. The van der Waals surface area contributed by atoms with Crippen molar-refractivity contribution in [3.8, 4) is 0 Å². The van der Waals surface area contributed by atoms with Crippen molar-refractivity contribution in [2.24, 2.45) is 0 Å². The van der Waals surface area contributed by atoms with E-state index in [1.807, 2.05) is 22.6 Å². The molecule has 3 aliphatic heterocycles. The second-order valence-corrected chi connectivity index (χ2v) is 7.10. The number of cyclic esters (lactones) is 1. The summed E-state index contributed by atoms with van der Waals surface area (Å²) in [5.41, 5.74) is 1.15. The molecule has 7 nitrogen and oxygen atoms in total. The number of hydrogen-bond donors (Lipinski definition) is 1. The summed E-state index contributed by atoms with van der Waals surface area (Å²) in [6.45, 7) is -0.494. The molecule has 1 aromatic rings. The first-order valence-corrected chi connectivity index (χ1v) is 8.70. The number of halogens is 2. The Morgan fingerprint density at radius 2 is 1.92 bits per heavy atom. The van der Waals surface area contributed by atoms with E-state index in [2.05, 4.69) is 0 Å². The molecule has 0 aliphatic carbocycles. The van der Waals surface area contributed by atoms with Crippen molar-refractivity contribution in [3.05, 3.63) is 55.7 Å². The van der Waals surface area contributed by atoms with Gasteiger partial charge in [0.2, 0.25) is 0 Å². The number of carbonyl (C=O) groups excluding carboxylic acids is 2. The van der Waals surface area contributed by atoms with Gasteiger partial charge in [0.1, 0.15) is 19.0 Å². The normalized spacial score (nSPS) is 22.4. The summed E-state index contributed by atoms with van der Waals surface area (Å²) in [5, 5.41) is 9.61. The van der Waals surface area contributed by atoms with Gasteiger partial charge in [0, 0.05) is 15.1 Å². The van der Waals surface area contributed by atoms with Gasteiger partial charge in [-0.2, -0.15) is 0 Å². The maximum atomic E-state index is 13.7. The number of hydrogen-bond acceptors (Lipinski definition) is 5. The number of amides is 1. The number of esters is 1. The minimum absolute atomic E-state index is 0.0763. The zero-order chi connectivity index (χ0) is 18.6. The fourth-order valence-electron chi connectivity index (χ4n) is 3.51. The molecule has 0 radical (unpaired) electrons. The first kappa shape index (κ1) is 17.2. The summed E-state index contributed by atoms with van der Waals surface area (Å²) in [4.78, 5) is 37.6. The van der Waals surface area contributed by atoms with Crippen LogP contribution in [0.25, 0.3) is 0 Å². The third kappa shape index (κ3) is 2.45. The highest BCUT2D eigenvalue weighted by Gasteiger charge is 2.48. The molecule has 9 heteroatoms. The van der Waals surface area contributed by atoms with E-state index in [0.717, 1.165) is 4.90 Å². The first-order valence-electron chi connectivity index (χ1n) is 7.62. The Bertz CT molecular complexity index is 937. The van der Waals surface area contributed by atoms with Crippen molar-refractivity contribution >= 4 is 40.4 Å². The van der Waals surface area contributed by atoms with Crippen LogP contribution in [0.3, 0.4) is 0 Å². The second-order valence-electron chi connectivity index (χ2n) is 5.94. The van der Waals surface area contributed by atoms with Crippen LogP contribution in [0, 0.1) is 9.39 Å². The molecule has 0 aromatic heterocycles. The minimum atomic E-state index is -1.33. The van der Waals surface area contributed by atoms with Crippen LogP contribution in [0.2, 0.25) is 0 Å². The molecule has 1 aromatic carbocycles. The van der Waals surface area contributed by atoms with Gasteiger partial charge in [-0.25, -0.2) is 18.9 Å². The lowest BCUT2D eigenvalue weighted by Gasteiger charge is -2.36. The Hall–Kier alpha value is -2.27. The monoisotopic (exact) mass is 471 g/mol. The Labute approximate surface area is 160 Å². The lowest BCUT2D eigenvalue weighted by molar-refractivity contribution is -0.136. The highest BCUT2D eigenvalue weighted by atomic mass is 127. The maximum absolute atomic E-state index is 13.7. The Kier molecular flexibility index (Phi) is 4.07. The predicted molar refractivity (Wildman–Crippen MR) is 92.6 cm³/mol. The van der Waals surface area contributed by atoms with Crippen LogP contribution in [0.15, 0.2) is 40.7 Å². The molecular formula is C17H11FINO6. The highest BCUT2D eigenvalue weighted by molar-refractivity contribution is 14.1. The van der Waals surface area contributed by atoms with Gasteiger partial charge in [-0.3, -0.25) is 4.79 Å². The summed E-state index contributed by atoms with van der Waals surface area (Å²) in [7, 11) is 0. The molecule has 134 valence electrons. The molecular weight excluding hydrogens is 460 g/mol. The third-order valence-corrected chi connectivity index (χ3v) is 5.37. The molecule has 4 rings (SSSR count). The molecule has 1 N–H and O–H groups in total. The Morgan fingerprint density at radius 3 is 2.62 bits per heavy atom. The van der Waals surface area contributed by atoms with E-state index in [-0.39, 0.29) is 42.4 Å². The van der Waals surface area contributed by atoms with E-state index in [1.54, 1.807) is 6.07 Å². The van der Waals surface area contributed by atoms with Gasteiger partial charge < -0.3 is 14.6 Å². The number of carboxylic acid groups (broad SMARTS) is 1. The number of rotatable bonds is 1. The van der Waals surface area contributed by atoms with E-state index >= 15 is 0 Å². The smallest absolute Gasteiger partial charge is 0.416 e. The molecule has 0 spiro atoms. The zero-order valence-corrected chi connectivity index (χ0v) is 15.3. The molecule has 0 bridgehead atoms. The molecule has 0 saturated heterocycles. The van der Waals surface area contributed by atoms with Crippen LogP contribution in [-0.4, -0.2) is 47.7 Å². The third-order valence-electron chi connectivity index (χ3n) is 4.54. The van der Waals surface area contributed by atoms with Crippen molar-refractivity contribution in [1.82, 2.24) is 4.90 Å². The van der Waals surface area contributed by atoms with Crippen molar-refractivity contribution in [1.29, 1.82) is 0 Å². The number of carbonyl (C=O) groups is 3. The van der Waals surface area contributed by atoms with Crippen LogP contribution >= 0.6 is 22.6 Å². The van der Waals surface area contributed by atoms with Crippen molar-refractivity contribution in [2.45, 2.75) is 5.92 Å². The lowest BCUT2D eigenvalue weighted by Crippen LogP contribution is -2.42. The molecule has 3 heterocycles. The van der Waals surface area contributed by atoms with Crippen LogP contribution in [0.1, 0.15) is 11.5 Å². The zero-order valence-electron chi connectivity index (χ0n) is 13.1. The molecule has 3 aliphatic rings. The lowest BCUT2D eigenvalue weighted by atomic mass is 9.78. The van der Waals surface area contributed by atoms with E-state index in [9.17, 15) is 23.9 Å². The fraction of sp³-hybridized carbons (Fsp3) is 0.235. The SMILES string of the molecule is O=C1COCC2=C1[C@@H](c1ccc(F)c(I)c1)C1=C(COC1=O)N2C(=O)O. The van der Waals surface area contributed by atoms with Crippen LogP contribution < -0.4 is 0 Å². The Balaban J connectivity index is 1.99. The van der Waals surface area contributed by atoms with Gasteiger partial charge in [-0.05, 0) is 40.3 Å². The number of benzene rings is 1. The average molecular weight is 471 g/mol. The predicted octanol–water partition coefficient (Wildman–Crippen LogP) is 2.17. The summed E-state index contributed by atoms with van der Waals surface area (Å²) in [6.07, 6.45) is -1.33. The molecule has 26 heavy (non-hydrogen) atoms. The standard InChI is InChI=1S/C17H11FINO6/c18-8-2-1-7(3-9(8)19)13-14-10(4-25-6-12(14)21)20(17(23)24)11-5-26-16(22)15(11)13/h1-3,13H,4-6H2,(H,23,24)/t13-/m1/s1. The van der Waals surface area contributed by atoms with Crippen molar-refractivity contribution < 1.29 is 33.4 Å². The number of Topliss-reactive ketones (excluding diaryl/α,β-unsaturated/α-hetero) is 1. The largest absolute Gasteiger partial charge is 0.464 e. The number of ether oxygens (including phenoxy) is 2. The average Bonchev–Trinajstić information content (AvgIpc) is 2.97. The van der Waals surface area contributed by atoms with Crippen LogP contribution in [0.4, 0.5) is 9.18 Å². The summed E-state index contributed by atoms with van der Waals surface area (Å²) in [5.74, 6) is -2.32. The topological polar surface area (TPSA) is 93.1 Å². The molecule has 1 atom stereocenters. The van der Waals surface area contributed by atoms with Crippen LogP contribution in [-0.2, 0) is 19.1 Å². The number of ketones is 1.